The van der Waals surface area contributed by atoms with Crippen LogP contribution in [0.15, 0.2) is 65.5 Å². The van der Waals surface area contributed by atoms with Crippen molar-refractivity contribution in [3.05, 3.63) is 88.1 Å². The lowest BCUT2D eigenvalue weighted by Gasteiger charge is -2.08. The Morgan fingerprint density at radius 1 is 1.06 bits per heavy atom. The summed E-state index contributed by atoms with van der Waals surface area (Å²) in [5.41, 5.74) is 3.28. The van der Waals surface area contributed by atoms with Crippen LogP contribution in [0.5, 0.6) is 0 Å². The summed E-state index contributed by atoms with van der Waals surface area (Å²) in [6.45, 7) is 0. The van der Waals surface area contributed by atoms with E-state index in [9.17, 15) is 14.0 Å². The minimum absolute atomic E-state index is 0.0982. The Morgan fingerprint density at radius 2 is 1.88 bits per heavy atom. The summed E-state index contributed by atoms with van der Waals surface area (Å²) < 4.78 is 15.0. The number of benzene rings is 3. The maximum absolute atomic E-state index is 15.0. The molecule has 0 fully saturated rings. The second kappa shape index (κ2) is 7.62. The number of carboxylic acid groups (broad SMARTS) is 1. The largest absolute Gasteiger partial charge is 0.465 e. The predicted octanol–water partition coefficient (Wildman–Crippen LogP) is 4.29. The van der Waals surface area contributed by atoms with E-state index in [4.69, 9.17) is 5.11 Å². The Hall–Kier alpha value is -4.53. The summed E-state index contributed by atoms with van der Waals surface area (Å²) >= 11 is 0. The van der Waals surface area contributed by atoms with Crippen LogP contribution in [0.2, 0.25) is 0 Å². The van der Waals surface area contributed by atoms with Gasteiger partial charge in [0.05, 0.1) is 22.1 Å². The molecule has 3 aromatic carbocycles. The third-order valence-electron chi connectivity index (χ3n) is 5.20. The van der Waals surface area contributed by atoms with Crippen LogP contribution in [0.25, 0.3) is 32.9 Å². The fourth-order valence-corrected chi connectivity index (χ4v) is 3.74. The van der Waals surface area contributed by atoms with Crippen LogP contribution >= 0.6 is 0 Å². The molecule has 9 heteroatoms. The number of amides is 1. The molecule has 8 nitrogen and oxygen atoms in total. The van der Waals surface area contributed by atoms with E-state index in [1.54, 1.807) is 36.4 Å². The molecular formula is C23H16FN5O3. The number of imidazole rings is 1. The van der Waals surface area contributed by atoms with Crippen molar-refractivity contribution in [2.24, 2.45) is 0 Å². The first-order valence-electron chi connectivity index (χ1n) is 9.73. The number of aromatic amines is 2. The number of carbonyl (C=O) groups is 1. The van der Waals surface area contributed by atoms with Gasteiger partial charge in [0.15, 0.2) is 0 Å². The minimum Gasteiger partial charge on any atom is -0.465 e. The van der Waals surface area contributed by atoms with E-state index in [1.165, 1.54) is 6.07 Å². The van der Waals surface area contributed by atoms with Crippen molar-refractivity contribution in [2.75, 3.05) is 5.32 Å². The fraction of sp³-hybridized carbons (Fsp3) is 0.0435. The Bertz CT molecular complexity index is 1560. The number of H-pyrrole nitrogens is 2. The molecule has 0 aliphatic heterocycles. The third-order valence-corrected chi connectivity index (χ3v) is 5.20. The standard InChI is InChI=1S/C23H16FN5O3/c24-17-9-12(10-19-15-3-1-2-4-16(15)21(30)29-28-19)5-7-14(17)13-6-8-18-20(11-13)26-22(25-18)27-23(31)32/h1-9,11H,10H2,(H,29,30)(H,31,32)(H2,25,26,27). The summed E-state index contributed by atoms with van der Waals surface area (Å²) in [6.07, 6.45) is -0.867. The topological polar surface area (TPSA) is 124 Å². The van der Waals surface area contributed by atoms with Gasteiger partial charge in [-0.1, -0.05) is 36.4 Å². The molecule has 158 valence electrons. The zero-order chi connectivity index (χ0) is 22.2. The lowest BCUT2D eigenvalue weighted by Crippen LogP contribution is -2.11. The number of hydrogen-bond donors (Lipinski definition) is 4. The van der Waals surface area contributed by atoms with Gasteiger partial charge in [0.1, 0.15) is 5.82 Å². The van der Waals surface area contributed by atoms with Crippen LogP contribution in [0, 0.1) is 5.82 Å². The van der Waals surface area contributed by atoms with Gasteiger partial charge in [-0.25, -0.2) is 19.3 Å². The van der Waals surface area contributed by atoms with Crippen molar-refractivity contribution in [2.45, 2.75) is 6.42 Å². The number of rotatable bonds is 4. The van der Waals surface area contributed by atoms with Crippen molar-refractivity contribution in [1.82, 2.24) is 20.2 Å². The average Bonchev–Trinajstić information content (AvgIpc) is 3.17. The fourth-order valence-electron chi connectivity index (χ4n) is 3.74. The number of halogens is 1. The Kier molecular flexibility index (Phi) is 4.63. The van der Waals surface area contributed by atoms with Crippen molar-refractivity contribution in [3.63, 3.8) is 0 Å². The molecule has 1 amide bonds. The highest BCUT2D eigenvalue weighted by molar-refractivity contribution is 5.87. The van der Waals surface area contributed by atoms with E-state index >= 15 is 0 Å². The zero-order valence-corrected chi connectivity index (χ0v) is 16.5. The van der Waals surface area contributed by atoms with E-state index in [0.29, 0.717) is 45.2 Å². The van der Waals surface area contributed by atoms with E-state index in [-0.39, 0.29) is 11.5 Å². The van der Waals surface area contributed by atoms with Crippen LogP contribution in [-0.4, -0.2) is 31.4 Å². The number of anilines is 1. The minimum atomic E-state index is -1.23. The summed E-state index contributed by atoms with van der Waals surface area (Å²) in [5.74, 6) is -0.305. The van der Waals surface area contributed by atoms with Gasteiger partial charge in [-0.05, 0) is 35.4 Å². The van der Waals surface area contributed by atoms with Gasteiger partial charge in [-0.2, -0.15) is 5.10 Å². The molecular weight excluding hydrogens is 413 g/mol. The third kappa shape index (κ3) is 3.56. The maximum atomic E-state index is 15.0. The normalized spacial score (nSPS) is 11.2. The average molecular weight is 429 g/mol. The van der Waals surface area contributed by atoms with Gasteiger partial charge in [0, 0.05) is 17.4 Å². The molecule has 0 unspecified atom stereocenters. The molecule has 2 aromatic heterocycles. The van der Waals surface area contributed by atoms with Crippen LogP contribution in [0.4, 0.5) is 15.1 Å². The van der Waals surface area contributed by atoms with Gasteiger partial charge in [-0.3, -0.25) is 10.1 Å². The summed E-state index contributed by atoms with van der Waals surface area (Å²) in [7, 11) is 0. The molecule has 0 bridgehead atoms. The highest BCUT2D eigenvalue weighted by Crippen LogP contribution is 2.28. The van der Waals surface area contributed by atoms with E-state index in [0.717, 1.165) is 5.39 Å². The molecule has 0 saturated carbocycles. The number of nitrogens with one attached hydrogen (secondary N) is 3. The summed E-state index contributed by atoms with van der Waals surface area (Å²) in [5, 5.41) is 18.9. The van der Waals surface area contributed by atoms with Crippen molar-refractivity contribution < 1.29 is 14.3 Å². The van der Waals surface area contributed by atoms with Crippen LogP contribution < -0.4 is 10.9 Å². The second-order valence-corrected chi connectivity index (χ2v) is 7.28. The lowest BCUT2D eigenvalue weighted by atomic mass is 9.99. The first-order chi connectivity index (χ1) is 15.5. The highest BCUT2D eigenvalue weighted by atomic mass is 19.1. The SMILES string of the molecule is O=C(O)Nc1nc2ccc(-c3ccc(Cc4n[nH]c(=O)c5ccccc45)cc3F)cc2[nH]1. The summed E-state index contributed by atoms with van der Waals surface area (Å²) in [6, 6.07) is 17.3. The van der Waals surface area contributed by atoms with Crippen molar-refractivity contribution in [1.29, 1.82) is 0 Å². The molecule has 5 aromatic rings. The molecule has 0 aliphatic rings. The monoisotopic (exact) mass is 429 g/mol. The van der Waals surface area contributed by atoms with Gasteiger partial charge < -0.3 is 10.1 Å². The van der Waals surface area contributed by atoms with Crippen LogP contribution in [0.1, 0.15) is 11.3 Å². The van der Waals surface area contributed by atoms with Gasteiger partial charge in [-0.15, -0.1) is 0 Å². The quantitative estimate of drug-likeness (QED) is 0.339. The highest BCUT2D eigenvalue weighted by Gasteiger charge is 2.12. The number of aromatic nitrogens is 4. The number of nitrogens with zero attached hydrogens (tertiary/aromatic N) is 2. The smallest absolute Gasteiger partial charge is 0.411 e. The van der Waals surface area contributed by atoms with Crippen molar-refractivity contribution in [3.8, 4) is 11.1 Å². The Balaban J connectivity index is 1.47. The Labute approximate surface area is 179 Å². The first-order valence-corrected chi connectivity index (χ1v) is 9.73. The van der Waals surface area contributed by atoms with Gasteiger partial charge in [0.25, 0.3) is 5.56 Å². The molecule has 0 spiro atoms. The number of fused-ring (bicyclic) bond motifs is 2. The molecule has 0 aliphatic carbocycles. The van der Waals surface area contributed by atoms with Crippen LogP contribution in [-0.2, 0) is 6.42 Å². The zero-order valence-electron chi connectivity index (χ0n) is 16.5. The van der Waals surface area contributed by atoms with E-state index < -0.39 is 11.9 Å². The van der Waals surface area contributed by atoms with Gasteiger partial charge in [0.2, 0.25) is 5.95 Å². The van der Waals surface area contributed by atoms with Crippen molar-refractivity contribution >= 4 is 33.8 Å². The molecule has 0 saturated heterocycles. The first kappa shape index (κ1) is 19.4. The molecule has 4 N–H and O–H groups in total. The van der Waals surface area contributed by atoms with Crippen LogP contribution in [0.3, 0.4) is 0 Å². The van der Waals surface area contributed by atoms with E-state index in [2.05, 4.69) is 25.5 Å². The Morgan fingerprint density at radius 3 is 2.66 bits per heavy atom. The summed E-state index contributed by atoms with van der Waals surface area (Å²) in [4.78, 5) is 29.7. The molecule has 5 rings (SSSR count). The second-order valence-electron chi connectivity index (χ2n) is 7.28. The maximum Gasteiger partial charge on any atom is 0.411 e. The van der Waals surface area contributed by atoms with E-state index in [1.807, 2.05) is 18.2 Å². The number of hydrogen-bond acceptors (Lipinski definition) is 4. The molecule has 0 radical (unpaired) electrons. The molecule has 2 heterocycles. The molecule has 0 atom stereocenters. The van der Waals surface area contributed by atoms with Gasteiger partial charge >= 0.3 is 6.09 Å². The lowest BCUT2D eigenvalue weighted by molar-refractivity contribution is 0.209. The molecule has 32 heavy (non-hydrogen) atoms. The predicted molar refractivity (Wildman–Crippen MR) is 118 cm³/mol.